The Balaban J connectivity index is 2.52. The minimum Gasteiger partial charge on any atom is -0.481 e. The van der Waals surface area contributed by atoms with Gasteiger partial charge in [-0.15, -0.1) is 0 Å². The number of hydrogen-bond acceptors (Lipinski definition) is 3. The van der Waals surface area contributed by atoms with Gasteiger partial charge in [-0.05, 0) is 18.6 Å². The molecular formula is C14H19N3O2. The van der Waals surface area contributed by atoms with Crippen LogP contribution in [0, 0.1) is 5.92 Å². The molecule has 2 rings (SSSR count). The highest BCUT2D eigenvalue weighted by molar-refractivity contribution is 5.73. The molecule has 0 aromatic carbocycles. The number of aliphatic carboxylic acids is 1. The van der Waals surface area contributed by atoms with Crippen molar-refractivity contribution in [2.45, 2.75) is 39.7 Å². The lowest BCUT2D eigenvalue weighted by Gasteiger charge is -2.17. The normalized spacial score (nSPS) is 14.5. The smallest absolute Gasteiger partial charge is 0.306 e. The molecule has 0 aliphatic heterocycles. The van der Waals surface area contributed by atoms with Crippen molar-refractivity contribution in [3.05, 3.63) is 24.2 Å². The van der Waals surface area contributed by atoms with Crippen LogP contribution in [0.4, 0.5) is 0 Å². The van der Waals surface area contributed by atoms with E-state index in [1.165, 1.54) is 0 Å². The molecule has 0 saturated carbocycles. The zero-order valence-corrected chi connectivity index (χ0v) is 11.5. The zero-order valence-electron chi connectivity index (χ0n) is 11.5. The molecule has 2 atom stereocenters. The lowest BCUT2D eigenvalue weighted by Crippen LogP contribution is -2.20. The van der Waals surface area contributed by atoms with E-state index in [0.717, 1.165) is 30.0 Å². The van der Waals surface area contributed by atoms with Crippen LogP contribution in [0.3, 0.4) is 0 Å². The van der Waals surface area contributed by atoms with Crippen LogP contribution in [0.1, 0.15) is 38.9 Å². The molecule has 0 fully saturated rings. The number of carboxylic acids is 1. The number of pyridine rings is 1. The molecule has 5 heteroatoms. The van der Waals surface area contributed by atoms with E-state index >= 15 is 0 Å². The minimum atomic E-state index is -0.796. The Labute approximate surface area is 112 Å². The summed E-state index contributed by atoms with van der Waals surface area (Å²) in [6.45, 7) is 6.52. The van der Waals surface area contributed by atoms with Crippen molar-refractivity contribution in [1.29, 1.82) is 0 Å². The molecular weight excluding hydrogens is 242 g/mol. The summed E-state index contributed by atoms with van der Waals surface area (Å²) in [5.41, 5.74) is 1.67. The van der Waals surface area contributed by atoms with E-state index in [1.807, 2.05) is 23.6 Å². The fraction of sp³-hybridized carbons (Fsp3) is 0.500. The number of carbonyl (C=O) groups is 1. The molecule has 0 aliphatic carbocycles. The molecule has 0 saturated heterocycles. The summed E-state index contributed by atoms with van der Waals surface area (Å²) in [6, 6.07) is 3.76. The predicted octanol–water partition coefficient (Wildman–Crippen LogP) is 2.67. The van der Waals surface area contributed by atoms with Crippen LogP contribution in [0.15, 0.2) is 18.3 Å². The number of imidazole rings is 1. The Kier molecular flexibility index (Phi) is 3.83. The molecule has 102 valence electrons. The second-order valence-corrected chi connectivity index (χ2v) is 4.88. The van der Waals surface area contributed by atoms with E-state index in [9.17, 15) is 4.79 Å². The van der Waals surface area contributed by atoms with Crippen molar-refractivity contribution < 1.29 is 9.90 Å². The summed E-state index contributed by atoms with van der Waals surface area (Å²) < 4.78 is 2.04. The molecule has 0 amide bonds. The van der Waals surface area contributed by atoms with Crippen LogP contribution >= 0.6 is 0 Å². The lowest BCUT2D eigenvalue weighted by molar-refractivity contribution is -0.141. The summed E-state index contributed by atoms with van der Waals surface area (Å²) >= 11 is 0. The van der Waals surface area contributed by atoms with Gasteiger partial charge in [0.1, 0.15) is 11.3 Å². The highest BCUT2D eigenvalue weighted by atomic mass is 16.4. The molecule has 0 bridgehead atoms. The highest BCUT2D eigenvalue weighted by Gasteiger charge is 2.26. The summed E-state index contributed by atoms with van der Waals surface area (Å²) in [5, 5.41) is 9.16. The van der Waals surface area contributed by atoms with Gasteiger partial charge in [0.05, 0.1) is 5.92 Å². The molecule has 0 spiro atoms. The van der Waals surface area contributed by atoms with Crippen molar-refractivity contribution >= 4 is 17.1 Å². The first-order valence-corrected chi connectivity index (χ1v) is 6.60. The summed E-state index contributed by atoms with van der Waals surface area (Å²) in [7, 11) is 0. The first-order valence-electron chi connectivity index (χ1n) is 6.60. The van der Waals surface area contributed by atoms with Gasteiger partial charge in [-0.2, -0.15) is 0 Å². The lowest BCUT2D eigenvalue weighted by atomic mass is 9.95. The maximum absolute atomic E-state index is 11.1. The number of fused-ring (bicyclic) bond motifs is 1. The van der Waals surface area contributed by atoms with Crippen LogP contribution < -0.4 is 0 Å². The number of hydrogen-bond donors (Lipinski definition) is 1. The minimum absolute atomic E-state index is 0.141. The number of rotatable bonds is 5. The van der Waals surface area contributed by atoms with Crippen LogP contribution in [0.5, 0.6) is 0 Å². The van der Waals surface area contributed by atoms with Gasteiger partial charge in [-0.25, -0.2) is 9.97 Å². The van der Waals surface area contributed by atoms with E-state index in [-0.39, 0.29) is 5.92 Å². The Morgan fingerprint density at radius 3 is 2.84 bits per heavy atom. The molecule has 19 heavy (non-hydrogen) atoms. The number of carboxylic acid groups (broad SMARTS) is 1. The molecule has 2 aromatic rings. The summed E-state index contributed by atoms with van der Waals surface area (Å²) in [4.78, 5) is 20.1. The Hall–Kier alpha value is -1.91. The fourth-order valence-corrected chi connectivity index (χ4v) is 2.21. The van der Waals surface area contributed by atoms with Crippen molar-refractivity contribution in [2.75, 3.05) is 0 Å². The molecule has 5 nitrogen and oxygen atoms in total. The van der Waals surface area contributed by atoms with Gasteiger partial charge in [-0.3, -0.25) is 4.79 Å². The average molecular weight is 261 g/mol. The van der Waals surface area contributed by atoms with Gasteiger partial charge in [0, 0.05) is 18.7 Å². The van der Waals surface area contributed by atoms with Crippen molar-refractivity contribution in [1.82, 2.24) is 14.5 Å². The quantitative estimate of drug-likeness (QED) is 0.898. The fourth-order valence-electron chi connectivity index (χ4n) is 2.21. The first kappa shape index (κ1) is 13.5. The SMILES string of the molecule is CCCn1c(C(C)C(C)C(=O)O)nc2cccnc21. The second kappa shape index (κ2) is 5.38. The van der Waals surface area contributed by atoms with E-state index in [1.54, 1.807) is 13.1 Å². The van der Waals surface area contributed by atoms with Gasteiger partial charge in [0.25, 0.3) is 0 Å². The summed E-state index contributed by atoms with van der Waals surface area (Å²) in [5.74, 6) is -0.591. The van der Waals surface area contributed by atoms with E-state index < -0.39 is 11.9 Å². The zero-order chi connectivity index (χ0) is 14.0. The first-order chi connectivity index (χ1) is 9.06. The number of aryl methyl sites for hydroxylation is 1. The Morgan fingerprint density at radius 1 is 1.47 bits per heavy atom. The van der Waals surface area contributed by atoms with Crippen molar-refractivity contribution in [2.24, 2.45) is 5.92 Å². The van der Waals surface area contributed by atoms with Gasteiger partial charge in [-0.1, -0.05) is 20.8 Å². The van der Waals surface area contributed by atoms with E-state index in [0.29, 0.717) is 0 Å². The molecule has 2 unspecified atom stereocenters. The molecule has 1 N–H and O–H groups in total. The van der Waals surface area contributed by atoms with E-state index in [4.69, 9.17) is 5.11 Å². The second-order valence-electron chi connectivity index (χ2n) is 4.88. The maximum atomic E-state index is 11.1. The summed E-state index contributed by atoms with van der Waals surface area (Å²) in [6.07, 6.45) is 2.70. The Bertz CT molecular complexity index is 591. The third-order valence-corrected chi connectivity index (χ3v) is 3.53. The van der Waals surface area contributed by atoms with Gasteiger partial charge < -0.3 is 9.67 Å². The monoisotopic (exact) mass is 261 g/mol. The third kappa shape index (κ3) is 2.45. The largest absolute Gasteiger partial charge is 0.481 e. The molecule has 2 heterocycles. The number of aromatic nitrogens is 3. The number of nitrogens with zero attached hydrogens (tertiary/aromatic N) is 3. The Morgan fingerprint density at radius 2 is 2.21 bits per heavy atom. The molecule has 0 radical (unpaired) electrons. The van der Waals surface area contributed by atoms with Gasteiger partial charge >= 0.3 is 5.97 Å². The third-order valence-electron chi connectivity index (χ3n) is 3.53. The predicted molar refractivity (Wildman–Crippen MR) is 73.0 cm³/mol. The van der Waals surface area contributed by atoms with Crippen LogP contribution in [0.2, 0.25) is 0 Å². The maximum Gasteiger partial charge on any atom is 0.306 e. The van der Waals surface area contributed by atoms with Crippen LogP contribution in [-0.4, -0.2) is 25.6 Å². The standard InChI is InChI=1S/C14H19N3O2/c1-4-8-17-12(9(2)10(3)14(18)19)16-11-6-5-7-15-13(11)17/h5-7,9-10H,4,8H2,1-3H3,(H,18,19). The molecule has 0 aliphatic rings. The van der Waals surface area contributed by atoms with Gasteiger partial charge in [0.15, 0.2) is 5.65 Å². The van der Waals surface area contributed by atoms with Crippen LogP contribution in [0.25, 0.3) is 11.2 Å². The average Bonchev–Trinajstić information content (AvgIpc) is 2.76. The topological polar surface area (TPSA) is 68.0 Å². The van der Waals surface area contributed by atoms with Crippen molar-refractivity contribution in [3.63, 3.8) is 0 Å². The van der Waals surface area contributed by atoms with Crippen LogP contribution in [-0.2, 0) is 11.3 Å². The van der Waals surface area contributed by atoms with E-state index in [2.05, 4.69) is 16.9 Å². The van der Waals surface area contributed by atoms with Crippen molar-refractivity contribution in [3.8, 4) is 0 Å². The molecule has 2 aromatic heterocycles. The van der Waals surface area contributed by atoms with Gasteiger partial charge in [0.2, 0.25) is 0 Å². The highest BCUT2D eigenvalue weighted by Crippen LogP contribution is 2.26.